The molecule has 0 aromatic rings. The smallest absolute Gasteiger partial charge is 0.349 e. The lowest BCUT2D eigenvalue weighted by Gasteiger charge is -2.17. The molecule has 0 spiro atoms. The molecule has 0 aliphatic heterocycles. The maximum absolute atomic E-state index is 11.5. The van der Waals surface area contributed by atoms with Gasteiger partial charge in [0, 0.05) is 23.8 Å². The number of nitrogens with zero attached hydrogens (tertiary/aromatic N) is 2. The second kappa shape index (κ2) is 9.96. The van der Waals surface area contributed by atoms with Gasteiger partial charge in [-0.3, -0.25) is 9.63 Å². The third kappa shape index (κ3) is 9.66. The van der Waals surface area contributed by atoms with Crippen LogP contribution in [0.4, 0.5) is 4.79 Å². The Morgan fingerprint density at radius 1 is 1.53 bits per heavy atom. The molecule has 8 heteroatoms. The Kier molecular flexibility index (Phi) is 9.50. The van der Waals surface area contributed by atoms with Gasteiger partial charge in [-0.15, -0.1) is 0 Å². The van der Waals surface area contributed by atoms with E-state index in [1.165, 1.54) is 21.5 Å². The molecule has 0 unspecified atom stereocenters. The van der Waals surface area contributed by atoms with Crippen LogP contribution in [0.3, 0.4) is 0 Å². The van der Waals surface area contributed by atoms with Gasteiger partial charge in [-0.25, -0.2) is 9.10 Å². The highest BCUT2D eigenvalue weighted by Crippen LogP contribution is 2.26. The number of oxime groups is 1. The molecule has 0 fully saturated rings. The van der Waals surface area contributed by atoms with Crippen LogP contribution in [0, 0.1) is 0 Å². The standard InChI is InChI=1S/C11H21N3O3S2/c1-5-6-7-18-19-14(4)10(16)17-13-8-11(2,3)12-9-15/h8-9H,5-7H2,1-4H3,(H,12,15). The highest BCUT2D eigenvalue weighted by Gasteiger charge is 2.15. The molecule has 0 saturated carbocycles. The Bertz CT molecular complexity index is 312. The number of unbranched alkanes of at least 4 members (excludes halogenated alkanes) is 1. The van der Waals surface area contributed by atoms with Crippen molar-refractivity contribution in [2.75, 3.05) is 12.8 Å². The summed E-state index contributed by atoms with van der Waals surface area (Å²) < 4.78 is 1.37. The van der Waals surface area contributed by atoms with Gasteiger partial charge in [0.2, 0.25) is 6.41 Å². The molecule has 6 nitrogen and oxygen atoms in total. The van der Waals surface area contributed by atoms with Crippen LogP contribution in [0.15, 0.2) is 5.16 Å². The lowest BCUT2D eigenvalue weighted by Crippen LogP contribution is -2.39. The zero-order valence-corrected chi connectivity index (χ0v) is 13.3. The van der Waals surface area contributed by atoms with Crippen molar-refractivity contribution in [3.05, 3.63) is 0 Å². The summed E-state index contributed by atoms with van der Waals surface area (Å²) in [5.74, 6) is 0.984. The van der Waals surface area contributed by atoms with Crippen LogP contribution in [0.25, 0.3) is 0 Å². The summed E-state index contributed by atoms with van der Waals surface area (Å²) in [4.78, 5) is 26.5. The van der Waals surface area contributed by atoms with Crippen molar-refractivity contribution in [3.63, 3.8) is 0 Å². The summed E-state index contributed by atoms with van der Waals surface area (Å²) in [6.07, 6.45) is 3.63. The number of carbonyl (C=O) groups is 2. The first-order chi connectivity index (χ1) is 8.93. The van der Waals surface area contributed by atoms with E-state index in [1.54, 1.807) is 31.7 Å². The molecular formula is C11H21N3O3S2. The molecule has 0 rings (SSSR count). The lowest BCUT2D eigenvalue weighted by molar-refractivity contribution is -0.110. The van der Waals surface area contributed by atoms with Crippen molar-refractivity contribution in [1.29, 1.82) is 0 Å². The summed E-state index contributed by atoms with van der Waals surface area (Å²) in [5.41, 5.74) is -0.649. The first-order valence-corrected chi connectivity index (χ1v) is 8.20. The monoisotopic (exact) mass is 307 g/mol. The lowest BCUT2D eigenvalue weighted by atomic mass is 10.1. The largest absolute Gasteiger partial charge is 0.446 e. The Morgan fingerprint density at radius 3 is 2.79 bits per heavy atom. The number of nitrogens with one attached hydrogen (secondary N) is 1. The van der Waals surface area contributed by atoms with Crippen LogP contribution in [-0.2, 0) is 9.63 Å². The summed E-state index contributed by atoms with van der Waals surface area (Å²) in [7, 11) is 4.54. The van der Waals surface area contributed by atoms with Crippen molar-refractivity contribution in [2.24, 2.45) is 5.16 Å². The van der Waals surface area contributed by atoms with Gasteiger partial charge in [-0.2, -0.15) is 0 Å². The van der Waals surface area contributed by atoms with E-state index in [9.17, 15) is 9.59 Å². The van der Waals surface area contributed by atoms with Crippen molar-refractivity contribution < 1.29 is 14.4 Å². The number of carbonyl (C=O) groups excluding carboxylic acids is 2. The van der Waals surface area contributed by atoms with Gasteiger partial charge in [0.15, 0.2) is 0 Å². The van der Waals surface area contributed by atoms with Crippen molar-refractivity contribution in [3.8, 4) is 0 Å². The van der Waals surface area contributed by atoms with Gasteiger partial charge in [0.05, 0.1) is 11.8 Å². The first kappa shape index (κ1) is 18.1. The van der Waals surface area contributed by atoms with Crippen molar-refractivity contribution in [2.45, 2.75) is 39.2 Å². The molecule has 0 aromatic carbocycles. The number of hydrogen-bond donors (Lipinski definition) is 1. The Labute approximate surface area is 122 Å². The third-order valence-electron chi connectivity index (χ3n) is 1.94. The van der Waals surface area contributed by atoms with E-state index in [0.29, 0.717) is 6.41 Å². The van der Waals surface area contributed by atoms with Crippen molar-refractivity contribution in [1.82, 2.24) is 9.62 Å². The number of hydrogen-bond acceptors (Lipinski definition) is 6. The molecule has 0 atom stereocenters. The van der Waals surface area contributed by atoms with Crippen LogP contribution in [0.2, 0.25) is 0 Å². The second-order valence-corrected chi connectivity index (χ2v) is 6.82. The first-order valence-electron chi connectivity index (χ1n) is 5.93. The molecule has 0 aliphatic carbocycles. The molecule has 0 aromatic heterocycles. The van der Waals surface area contributed by atoms with Crippen LogP contribution < -0.4 is 5.32 Å². The Morgan fingerprint density at radius 2 is 2.21 bits per heavy atom. The average molecular weight is 307 g/mol. The maximum atomic E-state index is 11.5. The average Bonchev–Trinajstić information content (AvgIpc) is 2.33. The van der Waals surface area contributed by atoms with Crippen LogP contribution in [0.1, 0.15) is 33.6 Å². The van der Waals surface area contributed by atoms with Gasteiger partial charge in [0.25, 0.3) is 0 Å². The molecule has 0 aliphatic rings. The van der Waals surface area contributed by atoms with Gasteiger partial charge < -0.3 is 5.32 Å². The molecule has 19 heavy (non-hydrogen) atoms. The van der Waals surface area contributed by atoms with Crippen LogP contribution in [-0.4, -0.2) is 41.4 Å². The molecule has 1 N–H and O–H groups in total. The van der Waals surface area contributed by atoms with E-state index in [-0.39, 0.29) is 0 Å². The molecule has 0 saturated heterocycles. The van der Waals surface area contributed by atoms with E-state index < -0.39 is 11.6 Å². The van der Waals surface area contributed by atoms with Crippen LogP contribution in [0.5, 0.6) is 0 Å². The SMILES string of the molecule is CCCCSSN(C)C(=O)ON=CC(C)(C)NC=O. The maximum Gasteiger partial charge on any atom is 0.446 e. The van der Waals surface area contributed by atoms with E-state index in [0.717, 1.165) is 18.6 Å². The van der Waals surface area contributed by atoms with E-state index in [4.69, 9.17) is 4.84 Å². The normalized spacial score (nSPS) is 11.4. The predicted octanol–water partition coefficient (Wildman–Crippen LogP) is 2.66. The van der Waals surface area contributed by atoms with E-state index in [1.807, 2.05) is 0 Å². The zero-order chi connectivity index (χ0) is 14.7. The van der Waals surface area contributed by atoms with Gasteiger partial charge in [-0.1, -0.05) is 29.3 Å². The molecule has 110 valence electrons. The third-order valence-corrected chi connectivity index (χ3v) is 4.36. The minimum Gasteiger partial charge on any atom is -0.349 e. The molecule has 0 radical (unpaired) electrons. The zero-order valence-electron chi connectivity index (χ0n) is 11.7. The van der Waals surface area contributed by atoms with Gasteiger partial charge in [-0.05, 0) is 20.3 Å². The predicted molar refractivity (Wildman–Crippen MR) is 81.0 cm³/mol. The molecule has 2 amide bonds. The number of rotatable bonds is 9. The molecule has 0 heterocycles. The summed E-state index contributed by atoms with van der Waals surface area (Å²) in [6.45, 7) is 5.59. The highest BCUT2D eigenvalue weighted by atomic mass is 33.1. The highest BCUT2D eigenvalue weighted by molar-refractivity contribution is 8.75. The fourth-order valence-corrected chi connectivity index (χ4v) is 2.77. The summed E-state index contributed by atoms with van der Waals surface area (Å²) >= 11 is 0. The minimum absolute atomic E-state index is 0.549. The topological polar surface area (TPSA) is 71.0 Å². The van der Waals surface area contributed by atoms with Gasteiger partial charge in [0.1, 0.15) is 0 Å². The minimum atomic E-state index is -0.649. The van der Waals surface area contributed by atoms with Crippen LogP contribution >= 0.6 is 21.8 Å². The quantitative estimate of drug-likeness (QED) is 0.135. The summed E-state index contributed by atoms with van der Waals surface area (Å²) in [5, 5.41) is 6.10. The number of amides is 2. The summed E-state index contributed by atoms with van der Waals surface area (Å²) in [6, 6.07) is 0. The Hall–Kier alpha value is -0.890. The fraction of sp³-hybridized carbons (Fsp3) is 0.727. The second-order valence-electron chi connectivity index (χ2n) is 4.32. The fourth-order valence-electron chi connectivity index (χ4n) is 0.800. The Balaban J connectivity index is 3.96. The van der Waals surface area contributed by atoms with E-state index >= 15 is 0 Å². The van der Waals surface area contributed by atoms with Crippen molar-refractivity contribution >= 4 is 40.5 Å². The molecular weight excluding hydrogens is 286 g/mol. The van der Waals surface area contributed by atoms with E-state index in [2.05, 4.69) is 17.4 Å². The van der Waals surface area contributed by atoms with Gasteiger partial charge >= 0.3 is 6.09 Å². The molecule has 0 bridgehead atoms.